The standard InChI is InChI=1S/C13H18N4O5/c1-7-3-16(12(21)14-10(7)19)5-9(18)6-17-4-8(2)11(20)15-13(17)22/h3-4,9,12,18,21H,5-6H2,1-2H3,(H,14,19)(H,15,20,22). The van der Waals surface area contributed by atoms with Crippen LogP contribution in [0.1, 0.15) is 12.5 Å². The lowest BCUT2D eigenvalue weighted by Gasteiger charge is -2.32. The highest BCUT2D eigenvalue weighted by Crippen LogP contribution is 2.09. The van der Waals surface area contributed by atoms with Crippen molar-refractivity contribution in [1.29, 1.82) is 0 Å². The van der Waals surface area contributed by atoms with Crippen molar-refractivity contribution in [3.05, 3.63) is 44.4 Å². The molecule has 0 spiro atoms. The summed E-state index contributed by atoms with van der Waals surface area (Å²) >= 11 is 0. The topological polar surface area (TPSA) is 128 Å². The van der Waals surface area contributed by atoms with Gasteiger partial charge in [-0.05, 0) is 13.8 Å². The molecule has 0 saturated heterocycles. The zero-order chi connectivity index (χ0) is 16.4. The van der Waals surface area contributed by atoms with Crippen molar-refractivity contribution in [3.8, 4) is 0 Å². The molecule has 0 aromatic carbocycles. The van der Waals surface area contributed by atoms with E-state index < -0.39 is 23.7 Å². The van der Waals surface area contributed by atoms with Gasteiger partial charge in [-0.15, -0.1) is 0 Å². The molecular formula is C13H18N4O5. The van der Waals surface area contributed by atoms with E-state index in [0.29, 0.717) is 11.1 Å². The van der Waals surface area contributed by atoms with Gasteiger partial charge in [0.15, 0.2) is 0 Å². The number of hydrogen-bond donors (Lipinski definition) is 4. The molecule has 1 amide bonds. The molecule has 0 fully saturated rings. The zero-order valence-corrected chi connectivity index (χ0v) is 12.2. The van der Waals surface area contributed by atoms with Crippen LogP contribution in [0.5, 0.6) is 0 Å². The Balaban J connectivity index is 2.09. The number of amides is 1. The number of rotatable bonds is 4. The summed E-state index contributed by atoms with van der Waals surface area (Å²) in [5.74, 6) is -0.384. The molecule has 1 aromatic heterocycles. The van der Waals surface area contributed by atoms with Crippen molar-refractivity contribution in [2.45, 2.75) is 32.8 Å². The second-order valence-electron chi connectivity index (χ2n) is 5.23. The van der Waals surface area contributed by atoms with Crippen molar-refractivity contribution < 1.29 is 15.0 Å². The van der Waals surface area contributed by atoms with Crippen LogP contribution in [-0.4, -0.2) is 49.6 Å². The molecule has 1 aromatic rings. The number of H-pyrrole nitrogens is 1. The van der Waals surface area contributed by atoms with E-state index in [4.69, 9.17) is 0 Å². The average molecular weight is 310 g/mol. The third-order valence-corrected chi connectivity index (χ3v) is 3.31. The van der Waals surface area contributed by atoms with E-state index in [9.17, 15) is 24.6 Å². The number of aryl methyl sites for hydroxylation is 1. The molecule has 9 nitrogen and oxygen atoms in total. The van der Waals surface area contributed by atoms with Gasteiger partial charge in [0, 0.05) is 30.1 Å². The lowest BCUT2D eigenvalue weighted by molar-refractivity contribution is -0.126. The minimum atomic E-state index is -1.24. The molecule has 1 aliphatic heterocycles. The Kier molecular flexibility index (Phi) is 4.48. The number of hydrogen-bond acceptors (Lipinski definition) is 6. The average Bonchev–Trinajstić information content (AvgIpc) is 2.42. The molecule has 0 radical (unpaired) electrons. The van der Waals surface area contributed by atoms with E-state index in [2.05, 4.69) is 10.3 Å². The number of β-amino-alcohol motifs (C(OH)–C–C–N with tert-alkyl or cyclic N) is 1. The summed E-state index contributed by atoms with van der Waals surface area (Å²) in [6, 6.07) is 0. The summed E-state index contributed by atoms with van der Waals surface area (Å²) in [7, 11) is 0. The molecule has 2 unspecified atom stereocenters. The smallest absolute Gasteiger partial charge is 0.328 e. The highest BCUT2D eigenvalue weighted by Gasteiger charge is 2.24. The third kappa shape index (κ3) is 3.43. The molecule has 2 rings (SSSR count). The molecule has 1 aliphatic rings. The van der Waals surface area contributed by atoms with Gasteiger partial charge in [-0.1, -0.05) is 0 Å². The number of carbonyl (C=O) groups is 1. The van der Waals surface area contributed by atoms with E-state index in [0.717, 1.165) is 0 Å². The molecule has 4 N–H and O–H groups in total. The number of nitrogens with zero attached hydrogens (tertiary/aromatic N) is 2. The third-order valence-electron chi connectivity index (χ3n) is 3.31. The van der Waals surface area contributed by atoms with Crippen molar-refractivity contribution in [2.75, 3.05) is 6.54 Å². The summed E-state index contributed by atoms with van der Waals surface area (Å²) in [6.45, 7) is 3.08. The number of carbonyl (C=O) groups excluding carboxylic acids is 1. The fourth-order valence-corrected chi connectivity index (χ4v) is 2.13. The van der Waals surface area contributed by atoms with Crippen LogP contribution in [0.15, 0.2) is 27.6 Å². The van der Waals surface area contributed by atoms with Gasteiger partial charge in [0.2, 0.25) is 6.35 Å². The molecule has 2 atom stereocenters. The fraction of sp³-hybridized carbons (Fsp3) is 0.462. The van der Waals surface area contributed by atoms with Crippen LogP contribution in [0.4, 0.5) is 0 Å². The van der Waals surface area contributed by atoms with Crippen LogP contribution in [-0.2, 0) is 11.3 Å². The molecule has 0 bridgehead atoms. The predicted octanol–water partition coefficient (Wildman–Crippen LogP) is -2.18. The molecule has 0 saturated carbocycles. The Labute approximate surface area is 125 Å². The molecule has 2 heterocycles. The van der Waals surface area contributed by atoms with Crippen molar-refractivity contribution in [1.82, 2.24) is 19.8 Å². The zero-order valence-electron chi connectivity index (χ0n) is 12.2. The molecule has 120 valence electrons. The van der Waals surface area contributed by atoms with Gasteiger partial charge in [0.1, 0.15) is 0 Å². The van der Waals surface area contributed by atoms with Crippen molar-refractivity contribution in [3.63, 3.8) is 0 Å². The molecule has 9 heteroatoms. The summed E-state index contributed by atoms with van der Waals surface area (Å²) in [4.78, 5) is 37.8. The fourth-order valence-electron chi connectivity index (χ4n) is 2.13. The van der Waals surface area contributed by atoms with E-state index in [1.807, 2.05) is 0 Å². The van der Waals surface area contributed by atoms with Crippen LogP contribution >= 0.6 is 0 Å². The van der Waals surface area contributed by atoms with Gasteiger partial charge >= 0.3 is 5.69 Å². The Morgan fingerprint density at radius 3 is 2.64 bits per heavy atom. The first kappa shape index (κ1) is 16.0. The number of aliphatic hydroxyl groups is 2. The molecule has 22 heavy (non-hydrogen) atoms. The number of aliphatic hydroxyl groups excluding tert-OH is 2. The highest BCUT2D eigenvalue weighted by atomic mass is 16.3. The second kappa shape index (κ2) is 6.16. The van der Waals surface area contributed by atoms with Gasteiger partial charge in [-0.3, -0.25) is 19.1 Å². The number of aromatic nitrogens is 2. The monoisotopic (exact) mass is 310 g/mol. The van der Waals surface area contributed by atoms with E-state index in [-0.39, 0.29) is 19.0 Å². The van der Waals surface area contributed by atoms with Gasteiger partial charge in [-0.25, -0.2) is 4.79 Å². The number of aromatic amines is 1. The first-order valence-corrected chi connectivity index (χ1v) is 6.69. The minimum Gasteiger partial charge on any atom is -0.389 e. The number of nitrogens with one attached hydrogen (secondary N) is 2. The maximum atomic E-state index is 11.6. The first-order chi connectivity index (χ1) is 10.3. The molecular weight excluding hydrogens is 292 g/mol. The van der Waals surface area contributed by atoms with Crippen LogP contribution in [0, 0.1) is 6.92 Å². The summed E-state index contributed by atoms with van der Waals surface area (Å²) in [5, 5.41) is 22.1. The summed E-state index contributed by atoms with van der Waals surface area (Å²) in [5.41, 5.74) is -0.334. The Morgan fingerprint density at radius 1 is 1.27 bits per heavy atom. The van der Waals surface area contributed by atoms with Crippen molar-refractivity contribution >= 4 is 5.91 Å². The van der Waals surface area contributed by atoms with Gasteiger partial charge in [0.05, 0.1) is 12.6 Å². The highest BCUT2D eigenvalue weighted by molar-refractivity contribution is 5.93. The van der Waals surface area contributed by atoms with Gasteiger partial charge in [-0.2, -0.15) is 0 Å². The van der Waals surface area contributed by atoms with Crippen LogP contribution in [0.3, 0.4) is 0 Å². The van der Waals surface area contributed by atoms with E-state index in [1.54, 1.807) is 13.8 Å². The SMILES string of the molecule is CC1=CN(CC(O)Cn2cc(C)c(=O)[nH]c2=O)C(O)NC1=O. The van der Waals surface area contributed by atoms with E-state index in [1.165, 1.54) is 21.9 Å². The maximum absolute atomic E-state index is 11.6. The summed E-state index contributed by atoms with van der Waals surface area (Å²) < 4.78 is 1.19. The van der Waals surface area contributed by atoms with Crippen molar-refractivity contribution in [2.24, 2.45) is 0 Å². The van der Waals surface area contributed by atoms with Crippen LogP contribution in [0.25, 0.3) is 0 Å². The van der Waals surface area contributed by atoms with Gasteiger partial charge < -0.3 is 20.4 Å². The largest absolute Gasteiger partial charge is 0.389 e. The Bertz CT molecular complexity index is 720. The lowest BCUT2D eigenvalue weighted by Crippen LogP contribution is -2.52. The second-order valence-corrected chi connectivity index (χ2v) is 5.23. The quantitative estimate of drug-likeness (QED) is 0.500. The Hall–Kier alpha value is -2.39. The van der Waals surface area contributed by atoms with Crippen LogP contribution in [0.2, 0.25) is 0 Å². The van der Waals surface area contributed by atoms with E-state index >= 15 is 0 Å². The minimum absolute atomic E-state index is 0.00337. The Morgan fingerprint density at radius 2 is 1.95 bits per heavy atom. The first-order valence-electron chi connectivity index (χ1n) is 6.69. The maximum Gasteiger partial charge on any atom is 0.328 e. The normalized spacial score (nSPS) is 19.6. The van der Waals surface area contributed by atoms with Gasteiger partial charge in [0.25, 0.3) is 11.5 Å². The van der Waals surface area contributed by atoms with Crippen LogP contribution < -0.4 is 16.6 Å². The predicted molar refractivity (Wildman–Crippen MR) is 76.7 cm³/mol. The lowest BCUT2D eigenvalue weighted by atomic mass is 10.2. The summed E-state index contributed by atoms with van der Waals surface area (Å²) in [6.07, 6.45) is 0.574. The molecule has 0 aliphatic carbocycles.